The van der Waals surface area contributed by atoms with E-state index < -0.39 is 16.1 Å². The number of piperidine rings is 1. The first-order valence-corrected chi connectivity index (χ1v) is 12.4. The van der Waals surface area contributed by atoms with Gasteiger partial charge in [-0.3, -0.25) is 14.5 Å². The lowest BCUT2D eigenvalue weighted by atomic mass is 9.71. The van der Waals surface area contributed by atoms with Crippen molar-refractivity contribution >= 4 is 21.8 Å². The number of amidine groups is 1. The predicted molar refractivity (Wildman–Crippen MR) is 118 cm³/mol. The molecular formula is C23H31N3O3S. The van der Waals surface area contributed by atoms with Crippen molar-refractivity contribution < 1.29 is 13.2 Å². The van der Waals surface area contributed by atoms with E-state index >= 15 is 0 Å². The van der Waals surface area contributed by atoms with Crippen molar-refractivity contribution in [2.24, 2.45) is 16.3 Å². The number of carbonyl (C=O) groups is 1. The van der Waals surface area contributed by atoms with E-state index in [0.29, 0.717) is 12.0 Å². The monoisotopic (exact) mass is 429 g/mol. The maximum atomic E-state index is 13.5. The number of nitrogens with zero attached hydrogens (tertiary/aromatic N) is 2. The zero-order valence-corrected chi connectivity index (χ0v) is 18.6. The van der Waals surface area contributed by atoms with E-state index in [1.54, 1.807) is 24.3 Å². The van der Waals surface area contributed by atoms with Crippen molar-refractivity contribution in [1.82, 2.24) is 9.62 Å². The Kier molecular flexibility index (Phi) is 5.75. The summed E-state index contributed by atoms with van der Waals surface area (Å²) in [6.07, 6.45) is 10.5. The van der Waals surface area contributed by atoms with E-state index in [9.17, 15) is 13.2 Å². The first-order valence-electron chi connectivity index (χ1n) is 10.9. The highest BCUT2D eigenvalue weighted by Gasteiger charge is 2.39. The van der Waals surface area contributed by atoms with Crippen LogP contribution in [-0.2, 0) is 14.8 Å². The van der Waals surface area contributed by atoms with Gasteiger partial charge in [-0.05, 0) is 62.0 Å². The van der Waals surface area contributed by atoms with Crippen LogP contribution in [-0.4, -0.2) is 44.2 Å². The Labute approximate surface area is 179 Å². The van der Waals surface area contributed by atoms with Crippen LogP contribution >= 0.6 is 0 Å². The third-order valence-electron chi connectivity index (χ3n) is 6.46. The Morgan fingerprint density at radius 1 is 1.23 bits per heavy atom. The van der Waals surface area contributed by atoms with Crippen LogP contribution in [0.1, 0.15) is 57.9 Å². The molecule has 1 saturated heterocycles. The number of rotatable bonds is 4. The van der Waals surface area contributed by atoms with Crippen LogP contribution in [0.15, 0.2) is 46.3 Å². The van der Waals surface area contributed by atoms with Crippen LogP contribution in [0, 0.1) is 11.3 Å². The van der Waals surface area contributed by atoms with Crippen molar-refractivity contribution in [2.45, 2.75) is 63.3 Å². The van der Waals surface area contributed by atoms with Crippen LogP contribution in [0.4, 0.5) is 0 Å². The van der Waals surface area contributed by atoms with Crippen molar-refractivity contribution in [2.75, 3.05) is 13.1 Å². The minimum atomic E-state index is -3.61. The number of benzene rings is 1. The molecule has 2 atom stereocenters. The molecule has 0 saturated carbocycles. The largest absolute Gasteiger partial charge is 0.340 e. The zero-order chi connectivity index (χ0) is 21.4. The summed E-state index contributed by atoms with van der Waals surface area (Å²) in [6, 6.07) is 6.23. The van der Waals surface area contributed by atoms with E-state index in [-0.39, 0.29) is 28.0 Å². The van der Waals surface area contributed by atoms with E-state index in [1.807, 2.05) is 4.90 Å². The Hall–Kier alpha value is -2.15. The second-order valence-corrected chi connectivity index (χ2v) is 11.0. The number of nitrogens with one attached hydrogen (secondary N) is 1. The Balaban J connectivity index is 1.61. The molecule has 7 heteroatoms. The van der Waals surface area contributed by atoms with Gasteiger partial charge in [0.25, 0.3) is 10.0 Å². The molecular weight excluding hydrogens is 398 g/mol. The molecule has 30 heavy (non-hydrogen) atoms. The van der Waals surface area contributed by atoms with E-state index in [2.05, 4.69) is 35.7 Å². The van der Waals surface area contributed by atoms with Gasteiger partial charge in [-0.15, -0.1) is 0 Å². The van der Waals surface area contributed by atoms with Gasteiger partial charge in [0.15, 0.2) is 0 Å². The fraction of sp³-hybridized carbons (Fsp3) is 0.565. The van der Waals surface area contributed by atoms with Crippen LogP contribution in [0.5, 0.6) is 0 Å². The van der Waals surface area contributed by atoms with Gasteiger partial charge in [0.05, 0.1) is 4.90 Å². The number of carbonyl (C=O) groups excluding carboxylic acids is 1. The summed E-state index contributed by atoms with van der Waals surface area (Å²) in [6.45, 7) is 5.66. The smallest absolute Gasteiger partial charge is 0.263 e. The molecule has 1 spiro atoms. The van der Waals surface area contributed by atoms with Gasteiger partial charge < -0.3 is 4.90 Å². The third kappa shape index (κ3) is 4.17. The highest BCUT2D eigenvalue weighted by Crippen LogP contribution is 2.41. The van der Waals surface area contributed by atoms with Crippen LogP contribution in [0.2, 0.25) is 0 Å². The van der Waals surface area contributed by atoms with Gasteiger partial charge in [-0.1, -0.05) is 38.1 Å². The molecule has 3 aliphatic rings. The van der Waals surface area contributed by atoms with Crippen LogP contribution < -0.4 is 4.72 Å². The lowest BCUT2D eigenvalue weighted by Crippen LogP contribution is -2.49. The Morgan fingerprint density at radius 2 is 2.03 bits per heavy atom. The summed E-state index contributed by atoms with van der Waals surface area (Å²) in [5, 5.41) is 0. The average Bonchev–Trinajstić information content (AvgIpc) is 2.97. The summed E-state index contributed by atoms with van der Waals surface area (Å²) in [5.74, 6) is 0.582. The molecule has 1 aromatic rings. The van der Waals surface area contributed by atoms with Gasteiger partial charge in [-0.2, -0.15) is 0 Å². The number of allylic oxidation sites excluding steroid dienone is 2. The molecule has 6 nitrogen and oxygen atoms in total. The molecule has 162 valence electrons. The van der Waals surface area contributed by atoms with Gasteiger partial charge in [0, 0.05) is 18.7 Å². The number of sulfonamides is 1. The fourth-order valence-electron chi connectivity index (χ4n) is 4.96. The first-order chi connectivity index (χ1) is 14.3. The highest BCUT2D eigenvalue weighted by molar-refractivity contribution is 7.90. The summed E-state index contributed by atoms with van der Waals surface area (Å²) >= 11 is 0. The molecule has 0 unspecified atom stereocenters. The number of fused-ring (bicyclic) bond motifs is 1. The van der Waals surface area contributed by atoms with E-state index in [1.165, 1.54) is 0 Å². The number of hydrogen-bond donors (Lipinski definition) is 1. The number of hydrogen-bond acceptors (Lipinski definition) is 4. The standard InChI is InChI=1S/C23H31N3O3S/c1-17(2)15-19(24-21-18-9-4-5-10-20(18)30(28,29)25-21)22(27)26-14-8-13-23(16-26)11-6-3-7-12-23/h3-6,9-10,17,19H,7-8,11-16H2,1-2H3,(H,24,25)/t19-,23+/m0/s1. The predicted octanol–water partition coefficient (Wildman–Crippen LogP) is 3.49. The molecule has 2 heterocycles. The van der Waals surface area contributed by atoms with E-state index in [0.717, 1.165) is 45.2 Å². The molecule has 0 aromatic heterocycles. The molecule has 1 aromatic carbocycles. The molecule has 0 bridgehead atoms. The normalized spacial score (nSPS) is 27.3. The molecule has 1 fully saturated rings. The first kappa shape index (κ1) is 21.1. The summed E-state index contributed by atoms with van der Waals surface area (Å²) in [7, 11) is -3.61. The zero-order valence-electron chi connectivity index (χ0n) is 17.8. The Morgan fingerprint density at radius 3 is 2.77 bits per heavy atom. The van der Waals surface area contributed by atoms with Crippen molar-refractivity contribution in [3.63, 3.8) is 0 Å². The van der Waals surface area contributed by atoms with Crippen LogP contribution in [0.25, 0.3) is 0 Å². The van der Waals surface area contributed by atoms with Gasteiger partial charge >= 0.3 is 0 Å². The summed E-state index contributed by atoms with van der Waals surface area (Å²) < 4.78 is 27.5. The topological polar surface area (TPSA) is 78.8 Å². The fourth-order valence-corrected chi connectivity index (χ4v) is 6.20. The number of aliphatic imine (C=N–C) groups is 1. The lowest BCUT2D eigenvalue weighted by Gasteiger charge is -2.44. The number of amides is 1. The quantitative estimate of drug-likeness (QED) is 0.744. The maximum absolute atomic E-state index is 13.5. The lowest BCUT2D eigenvalue weighted by molar-refractivity contribution is -0.136. The third-order valence-corrected chi connectivity index (χ3v) is 7.86. The second-order valence-electron chi connectivity index (χ2n) is 9.30. The SMILES string of the molecule is CC(C)C[C@H](N=C1NS(=O)(=O)c2ccccc21)C(=O)N1CCC[C@]2(CC=CCC2)C1. The maximum Gasteiger partial charge on any atom is 0.263 e. The van der Waals surface area contributed by atoms with Crippen molar-refractivity contribution in [3.8, 4) is 0 Å². The molecule has 1 aliphatic carbocycles. The molecule has 1 N–H and O–H groups in total. The van der Waals surface area contributed by atoms with Gasteiger partial charge in [-0.25, -0.2) is 8.42 Å². The summed E-state index contributed by atoms with van der Waals surface area (Å²) in [4.78, 5) is 20.4. The van der Waals surface area contributed by atoms with Crippen molar-refractivity contribution in [1.29, 1.82) is 0 Å². The van der Waals surface area contributed by atoms with E-state index in [4.69, 9.17) is 0 Å². The van der Waals surface area contributed by atoms with Crippen molar-refractivity contribution in [3.05, 3.63) is 42.0 Å². The molecule has 4 rings (SSSR count). The van der Waals surface area contributed by atoms with Gasteiger partial charge in [0.1, 0.15) is 11.9 Å². The van der Waals surface area contributed by atoms with Gasteiger partial charge in [0.2, 0.25) is 5.91 Å². The van der Waals surface area contributed by atoms with Crippen LogP contribution in [0.3, 0.4) is 0 Å². The minimum Gasteiger partial charge on any atom is -0.340 e. The minimum absolute atomic E-state index is 0.0217. The molecule has 2 aliphatic heterocycles. The molecule has 1 amide bonds. The average molecular weight is 430 g/mol. The number of likely N-dealkylation sites (tertiary alicyclic amines) is 1. The molecule has 0 radical (unpaired) electrons. The Bertz CT molecular complexity index is 983. The highest BCUT2D eigenvalue weighted by atomic mass is 32.2. The second kappa shape index (κ2) is 8.17. The summed E-state index contributed by atoms with van der Waals surface area (Å²) in [5.41, 5.74) is 0.742.